The van der Waals surface area contributed by atoms with Crippen LogP contribution in [0.1, 0.15) is 25.7 Å². The summed E-state index contributed by atoms with van der Waals surface area (Å²) < 4.78 is 18.0. The second kappa shape index (κ2) is 7.83. The van der Waals surface area contributed by atoms with Gasteiger partial charge in [0, 0.05) is 12.6 Å². The van der Waals surface area contributed by atoms with Crippen molar-refractivity contribution in [1.29, 1.82) is 0 Å². The molecule has 1 saturated carbocycles. The number of benzene rings is 1. The summed E-state index contributed by atoms with van der Waals surface area (Å²) in [6.07, 6.45) is 3.52. The molecule has 1 unspecified atom stereocenters. The quantitative estimate of drug-likeness (QED) is 0.750. The first kappa shape index (κ1) is 15.6. The van der Waals surface area contributed by atoms with Crippen LogP contribution in [-0.4, -0.2) is 36.4 Å². The third-order valence-electron chi connectivity index (χ3n) is 3.44. The van der Waals surface area contributed by atoms with Crippen LogP contribution >= 0.6 is 0 Å². The van der Waals surface area contributed by atoms with Crippen molar-refractivity contribution in [2.45, 2.75) is 37.8 Å². The highest BCUT2D eigenvalue weighted by Crippen LogP contribution is 2.17. The lowest BCUT2D eigenvalue weighted by molar-refractivity contribution is 0.107. The van der Waals surface area contributed by atoms with Crippen LogP contribution in [0.5, 0.6) is 5.75 Å². The molecule has 0 aliphatic heterocycles. The van der Waals surface area contributed by atoms with Crippen molar-refractivity contribution in [3.05, 3.63) is 30.1 Å². The molecular weight excluding hydrogens is 275 g/mol. The summed E-state index contributed by atoms with van der Waals surface area (Å²) in [5.41, 5.74) is 0. The number of rotatable bonds is 6. The van der Waals surface area contributed by atoms with Crippen molar-refractivity contribution < 1.29 is 19.0 Å². The Morgan fingerprint density at radius 2 is 2.00 bits per heavy atom. The van der Waals surface area contributed by atoms with Gasteiger partial charge in [-0.05, 0) is 37.1 Å². The maximum atomic E-state index is 12.7. The minimum absolute atomic E-state index is 0.0370. The van der Waals surface area contributed by atoms with Crippen molar-refractivity contribution in [3.63, 3.8) is 0 Å². The van der Waals surface area contributed by atoms with Gasteiger partial charge in [0.05, 0.1) is 0 Å². The average molecular weight is 296 g/mol. The predicted molar refractivity (Wildman–Crippen MR) is 76.7 cm³/mol. The first-order chi connectivity index (χ1) is 10.1. The molecule has 2 rings (SSSR count). The minimum Gasteiger partial charge on any atom is -0.491 e. The molecule has 1 atom stereocenters. The lowest BCUT2D eigenvalue weighted by atomic mass is 10.2. The van der Waals surface area contributed by atoms with Gasteiger partial charge in [0.2, 0.25) is 0 Å². The van der Waals surface area contributed by atoms with E-state index in [-0.39, 0.29) is 31.0 Å². The smallest absolute Gasteiger partial charge is 0.315 e. The van der Waals surface area contributed by atoms with Crippen LogP contribution in [0.4, 0.5) is 9.18 Å². The van der Waals surface area contributed by atoms with Gasteiger partial charge in [0.1, 0.15) is 24.3 Å². The van der Waals surface area contributed by atoms with Gasteiger partial charge in [-0.25, -0.2) is 9.18 Å². The standard InChI is InChI=1S/C15H21FN2O3/c16-11-5-7-14(8-6-11)21-10-13(19)9-17-15(20)18-12-3-1-2-4-12/h5-8,12-13,19H,1-4,9-10H2,(H2,17,18,20). The number of hydrogen-bond donors (Lipinski definition) is 3. The molecule has 0 spiro atoms. The van der Waals surface area contributed by atoms with Gasteiger partial charge in [0.25, 0.3) is 0 Å². The van der Waals surface area contributed by atoms with Crippen molar-refractivity contribution in [2.75, 3.05) is 13.2 Å². The molecule has 0 bridgehead atoms. The van der Waals surface area contributed by atoms with Gasteiger partial charge in [0.15, 0.2) is 0 Å². The Morgan fingerprint density at radius 1 is 1.33 bits per heavy atom. The fourth-order valence-corrected chi connectivity index (χ4v) is 2.30. The summed E-state index contributed by atoms with van der Waals surface area (Å²) in [5, 5.41) is 15.2. The number of halogens is 1. The molecule has 1 aliphatic carbocycles. The van der Waals surface area contributed by atoms with Crippen LogP contribution in [0.2, 0.25) is 0 Å². The zero-order chi connectivity index (χ0) is 15.1. The number of amides is 2. The third-order valence-corrected chi connectivity index (χ3v) is 3.44. The van der Waals surface area contributed by atoms with Crippen LogP contribution in [0.3, 0.4) is 0 Å². The van der Waals surface area contributed by atoms with E-state index in [4.69, 9.17) is 4.74 Å². The maximum Gasteiger partial charge on any atom is 0.315 e. The Labute approximate surface area is 123 Å². The molecule has 6 heteroatoms. The van der Waals surface area contributed by atoms with E-state index >= 15 is 0 Å². The van der Waals surface area contributed by atoms with E-state index in [2.05, 4.69) is 10.6 Å². The molecule has 0 aromatic heterocycles. The third kappa shape index (κ3) is 5.59. The summed E-state index contributed by atoms with van der Waals surface area (Å²) >= 11 is 0. The Bertz CT molecular complexity index is 447. The van der Waals surface area contributed by atoms with Gasteiger partial charge < -0.3 is 20.5 Å². The van der Waals surface area contributed by atoms with Crippen molar-refractivity contribution in [2.24, 2.45) is 0 Å². The van der Waals surface area contributed by atoms with E-state index in [1.54, 1.807) is 0 Å². The van der Waals surface area contributed by atoms with Crippen LogP contribution < -0.4 is 15.4 Å². The first-order valence-electron chi connectivity index (χ1n) is 7.24. The van der Waals surface area contributed by atoms with E-state index in [1.807, 2.05) is 0 Å². The summed E-state index contributed by atoms with van der Waals surface area (Å²) in [6, 6.07) is 5.54. The number of carbonyl (C=O) groups is 1. The summed E-state index contributed by atoms with van der Waals surface area (Å²) in [7, 11) is 0. The zero-order valence-electron chi connectivity index (χ0n) is 11.8. The van der Waals surface area contributed by atoms with E-state index < -0.39 is 6.10 Å². The summed E-state index contributed by atoms with van der Waals surface area (Å²) in [4.78, 5) is 11.6. The molecule has 116 valence electrons. The Morgan fingerprint density at radius 3 is 2.67 bits per heavy atom. The lowest BCUT2D eigenvalue weighted by Gasteiger charge is -2.16. The molecule has 0 heterocycles. The largest absolute Gasteiger partial charge is 0.491 e. The fourth-order valence-electron chi connectivity index (χ4n) is 2.30. The van der Waals surface area contributed by atoms with Gasteiger partial charge >= 0.3 is 6.03 Å². The molecule has 1 aromatic carbocycles. The Balaban J connectivity index is 1.61. The molecule has 0 radical (unpaired) electrons. The zero-order valence-corrected chi connectivity index (χ0v) is 11.8. The van der Waals surface area contributed by atoms with Crippen molar-refractivity contribution in [3.8, 4) is 5.75 Å². The Hall–Kier alpha value is -1.82. The number of carbonyl (C=O) groups excluding carboxylic acids is 1. The molecule has 21 heavy (non-hydrogen) atoms. The monoisotopic (exact) mass is 296 g/mol. The molecule has 2 amide bonds. The molecule has 1 fully saturated rings. The molecule has 5 nitrogen and oxygen atoms in total. The number of ether oxygens (including phenoxy) is 1. The molecule has 1 aromatic rings. The fraction of sp³-hybridized carbons (Fsp3) is 0.533. The normalized spacial score (nSPS) is 16.5. The molecule has 3 N–H and O–H groups in total. The highest BCUT2D eigenvalue weighted by atomic mass is 19.1. The first-order valence-corrected chi connectivity index (χ1v) is 7.24. The van der Waals surface area contributed by atoms with Crippen LogP contribution in [0.25, 0.3) is 0 Å². The minimum atomic E-state index is -0.815. The lowest BCUT2D eigenvalue weighted by Crippen LogP contribution is -2.44. The summed E-state index contributed by atoms with van der Waals surface area (Å²) in [5.74, 6) is 0.138. The second-order valence-corrected chi connectivity index (χ2v) is 5.25. The number of aliphatic hydroxyl groups is 1. The van der Waals surface area contributed by atoms with E-state index in [0.29, 0.717) is 5.75 Å². The van der Waals surface area contributed by atoms with Gasteiger partial charge in [-0.2, -0.15) is 0 Å². The van der Waals surface area contributed by atoms with E-state index in [0.717, 1.165) is 25.7 Å². The Kier molecular flexibility index (Phi) is 5.80. The van der Waals surface area contributed by atoms with Gasteiger partial charge in [-0.15, -0.1) is 0 Å². The number of nitrogens with one attached hydrogen (secondary N) is 2. The average Bonchev–Trinajstić information content (AvgIpc) is 2.97. The number of aliphatic hydroxyl groups excluding tert-OH is 1. The number of urea groups is 1. The highest BCUT2D eigenvalue weighted by Gasteiger charge is 2.17. The SMILES string of the molecule is O=C(NCC(O)COc1ccc(F)cc1)NC1CCCC1. The van der Waals surface area contributed by atoms with E-state index in [9.17, 15) is 14.3 Å². The number of hydrogen-bond acceptors (Lipinski definition) is 3. The van der Waals surface area contributed by atoms with Gasteiger partial charge in [-0.1, -0.05) is 12.8 Å². The predicted octanol–water partition coefficient (Wildman–Crippen LogP) is 1.81. The van der Waals surface area contributed by atoms with Gasteiger partial charge in [-0.3, -0.25) is 0 Å². The van der Waals surface area contributed by atoms with Crippen LogP contribution in [-0.2, 0) is 0 Å². The van der Waals surface area contributed by atoms with Crippen molar-refractivity contribution >= 4 is 6.03 Å². The topological polar surface area (TPSA) is 70.6 Å². The summed E-state index contributed by atoms with van der Waals surface area (Å²) in [6.45, 7) is 0.148. The highest BCUT2D eigenvalue weighted by molar-refractivity contribution is 5.74. The van der Waals surface area contributed by atoms with Crippen molar-refractivity contribution in [1.82, 2.24) is 10.6 Å². The maximum absolute atomic E-state index is 12.7. The van der Waals surface area contributed by atoms with Crippen LogP contribution in [0, 0.1) is 5.82 Å². The molecule has 1 aliphatic rings. The van der Waals surface area contributed by atoms with Crippen LogP contribution in [0.15, 0.2) is 24.3 Å². The molecular formula is C15H21FN2O3. The van der Waals surface area contributed by atoms with E-state index in [1.165, 1.54) is 24.3 Å². The second-order valence-electron chi connectivity index (χ2n) is 5.25. The molecule has 0 saturated heterocycles.